The van der Waals surface area contributed by atoms with Crippen molar-refractivity contribution in [1.29, 1.82) is 0 Å². The molecular formula is C17H23N3O3S. The lowest BCUT2D eigenvalue weighted by Gasteiger charge is -2.29. The van der Waals surface area contributed by atoms with Gasteiger partial charge in [-0.2, -0.15) is 0 Å². The van der Waals surface area contributed by atoms with Crippen molar-refractivity contribution in [3.8, 4) is 0 Å². The first-order chi connectivity index (χ1) is 11.4. The number of nitrogens with one attached hydrogen (secondary N) is 1. The average Bonchev–Trinajstić information content (AvgIpc) is 2.90. The predicted octanol–water partition coefficient (Wildman–Crippen LogP) is 3.39. The number of hydrogen-bond acceptors (Lipinski definition) is 5. The Morgan fingerprint density at radius 2 is 1.83 bits per heavy atom. The first kappa shape index (κ1) is 16.8. The van der Waals surface area contributed by atoms with Crippen molar-refractivity contribution in [3.63, 3.8) is 0 Å². The van der Waals surface area contributed by atoms with Gasteiger partial charge < -0.3 is 9.42 Å². The lowest BCUT2D eigenvalue weighted by Crippen LogP contribution is -2.29. The molecule has 3 rings (SSSR count). The zero-order chi connectivity index (χ0) is 17.3. The number of anilines is 2. The van der Waals surface area contributed by atoms with Gasteiger partial charge in [0.2, 0.25) is 0 Å². The van der Waals surface area contributed by atoms with Gasteiger partial charge in [-0.15, -0.1) is 0 Å². The monoisotopic (exact) mass is 349 g/mol. The minimum absolute atomic E-state index is 0.116. The number of benzene rings is 1. The summed E-state index contributed by atoms with van der Waals surface area (Å²) in [6.45, 7) is 7.15. The summed E-state index contributed by atoms with van der Waals surface area (Å²) in [7, 11) is -3.73. The summed E-state index contributed by atoms with van der Waals surface area (Å²) in [4.78, 5) is 2.42. The Labute approximate surface area is 142 Å². The maximum Gasteiger partial charge on any atom is 0.267 e. The van der Waals surface area contributed by atoms with Crippen LogP contribution in [-0.2, 0) is 10.0 Å². The fourth-order valence-electron chi connectivity index (χ4n) is 3.12. The Balaban J connectivity index is 1.92. The van der Waals surface area contributed by atoms with E-state index in [1.54, 1.807) is 13.8 Å². The topological polar surface area (TPSA) is 75.4 Å². The van der Waals surface area contributed by atoms with Crippen LogP contribution in [0.15, 0.2) is 27.6 Å². The van der Waals surface area contributed by atoms with Gasteiger partial charge in [-0.05, 0) is 57.7 Å². The van der Waals surface area contributed by atoms with E-state index in [9.17, 15) is 8.42 Å². The van der Waals surface area contributed by atoms with Crippen LogP contribution in [0.5, 0.6) is 0 Å². The number of hydrogen-bond donors (Lipinski definition) is 1. The van der Waals surface area contributed by atoms with Gasteiger partial charge in [0.15, 0.2) is 10.7 Å². The molecule has 1 aromatic heterocycles. The van der Waals surface area contributed by atoms with Crippen LogP contribution in [0.2, 0.25) is 0 Å². The maximum atomic E-state index is 12.7. The van der Waals surface area contributed by atoms with E-state index in [-0.39, 0.29) is 4.90 Å². The van der Waals surface area contributed by atoms with Crippen molar-refractivity contribution in [2.75, 3.05) is 22.7 Å². The molecule has 1 saturated heterocycles. The van der Waals surface area contributed by atoms with Gasteiger partial charge in [0.05, 0.1) is 5.69 Å². The number of sulfonamides is 1. The Kier molecular flexibility index (Phi) is 4.54. The highest BCUT2D eigenvalue weighted by Gasteiger charge is 2.25. The number of rotatable bonds is 4. The first-order valence-electron chi connectivity index (χ1n) is 8.20. The van der Waals surface area contributed by atoms with E-state index in [0.717, 1.165) is 24.3 Å². The highest BCUT2D eigenvalue weighted by atomic mass is 32.2. The van der Waals surface area contributed by atoms with Gasteiger partial charge in [-0.1, -0.05) is 11.2 Å². The van der Waals surface area contributed by atoms with Crippen molar-refractivity contribution in [1.82, 2.24) is 5.16 Å². The van der Waals surface area contributed by atoms with E-state index in [4.69, 9.17) is 4.52 Å². The largest absolute Gasteiger partial charge is 0.371 e. The Morgan fingerprint density at radius 3 is 2.46 bits per heavy atom. The van der Waals surface area contributed by atoms with Crippen LogP contribution in [0, 0.1) is 20.8 Å². The normalized spacial score (nSPS) is 15.5. The second kappa shape index (κ2) is 6.47. The predicted molar refractivity (Wildman–Crippen MR) is 94.0 cm³/mol. The molecule has 0 spiro atoms. The van der Waals surface area contributed by atoms with Gasteiger partial charge in [0, 0.05) is 18.8 Å². The van der Waals surface area contributed by atoms with Gasteiger partial charge in [0.25, 0.3) is 10.0 Å². The molecule has 1 aromatic carbocycles. The molecule has 1 fully saturated rings. The highest BCUT2D eigenvalue weighted by Crippen LogP contribution is 2.29. The molecule has 6 nitrogen and oxygen atoms in total. The summed E-state index contributed by atoms with van der Waals surface area (Å²) in [6, 6.07) is 5.92. The molecule has 0 saturated carbocycles. The third kappa shape index (κ3) is 3.26. The number of piperidine rings is 1. The fraction of sp³-hybridized carbons (Fsp3) is 0.471. The lowest BCUT2D eigenvalue weighted by atomic mass is 10.1. The van der Waals surface area contributed by atoms with Crippen molar-refractivity contribution < 1.29 is 12.9 Å². The van der Waals surface area contributed by atoms with Crippen molar-refractivity contribution in [2.45, 2.75) is 44.9 Å². The van der Waals surface area contributed by atoms with Gasteiger partial charge in [-0.3, -0.25) is 4.72 Å². The summed E-state index contributed by atoms with van der Waals surface area (Å²) in [5, 5.41) is 3.74. The van der Waals surface area contributed by atoms with Crippen LogP contribution in [0.25, 0.3) is 0 Å². The van der Waals surface area contributed by atoms with E-state index in [0.29, 0.717) is 17.1 Å². The minimum Gasteiger partial charge on any atom is -0.371 e. The van der Waals surface area contributed by atoms with Crippen LogP contribution in [0.1, 0.15) is 36.3 Å². The summed E-state index contributed by atoms with van der Waals surface area (Å²) < 4.78 is 33.1. The van der Waals surface area contributed by atoms with Crippen LogP contribution in [0.4, 0.5) is 11.4 Å². The molecule has 2 aromatic rings. The molecular weight excluding hydrogens is 326 g/mol. The maximum absolute atomic E-state index is 12.7. The Morgan fingerprint density at radius 1 is 1.12 bits per heavy atom. The molecule has 1 N–H and O–H groups in total. The van der Waals surface area contributed by atoms with Crippen LogP contribution in [-0.4, -0.2) is 26.7 Å². The van der Waals surface area contributed by atoms with Crippen molar-refractivity contribution in [3.05, 3.63) is 35.2 Å². The van der Waals surface area contributed by atoms with Crippen molar-refractivity contribution >= 4 is 21.4 Å². The fourth-order valence-corrected chi connectivity index (χ4v) is 4.58. The summed E-state index contributed by atoms with van der Waals surface area (Å²) in [5.74, 6) is 0.296. The quantitative estimate of drug-likeness (QED) is 0.916. The van der Waals surface area contributed by atoms with Crippen LogP contribution < -0.4 is 9.62 Å². The smallest absolute Gasteiger partial charge is 0.267 e. The molecule has 0 atom stereocenters. The number of nitrogens with zero attached hydrogens (tertiary/aromatic N) is 2. The number of aryl methyl sites for hydroxylation is 3. The molecule has 0 amide bonds. The molecule has 7 heteroatoms. The van der Waals surface area contributed by atoms with E-state index in [1.165, 1.54) is 19.3 Å². The average molecular weight is 349 g/mol. The standard InChI is InChI=1S/C17H23N3O3S/c1-12-7-8-15(20-9-5-4-6-10-20)11-16(12)19-24(21,22)17-13(2)18-23-14(17)3/h7-8,11,19H,4-6,9-10H2,1-3H3. The summed E-state index contributed by atoms with van der Waals surface area (Å²) in [5.41, 5.74) is 2.89. The SMILES string of the molecule is Cc1ccc(N2CCCCC2)cc1NS(=O)(=O)c1c(C)noc1C. The molecule has 0 aliphatic carbocycles. The Bertz CT molecular complexity index is 817. The third-order valence-corrected chi connectivity index (χ3v) is 6.03. The van der Waals surface area contributed by atoms with Crippen LogP contribution in [0.3, 0.4) is 0 Å². The molecule has 0 unspecified atom stereocenters. The second-order valence-corrected chi connectivity index (χ2v) is 7.92. The zero-order valence-electron chi connectivity index (χ0n) is 14.3. The van der Waals surface area contributed by atoms with E-state index >= 15 is 0 Å². The van der Waals surface area contributed by atoms with Crippen LogP contribution >= 0.6 is 0 Å². The molecule has 24 heavy (non-hydrogen) atoms. The highest BCUT2D eigenvalue weighted by molar-refractivity contribution is 7.92. The molecule has 1 aliphatic rings. The summed E-state index contributed by atoms with van der Waals surface area (Å²) >= 11 is 0. The molecule has 2 heterocycles. The first-order valence-corrected chi connectivity index (χ1v) is 9.68. The van der Waals surface area contributed by atoms with E-state index in [2.05, 4.69) is 14.8 Å². The second-order valence-electron chi connectivity index (χ2n) is 6.31. The van der Waals surface area contributed by atoms with Gasteiger partial charge >= 0.3 is 0 Å². The summed E-state index contributed by atoms with van der Waals surface area (Å²) in [6.07, 6.45) is 3.61. The third-order valence-electron chi connectivity index (χ3n) is 4.42. The zero-order valence-corrected chi connectivity index (χ0v) is 15.1. The molecule has 130 valence electrons. The number of aromatic nitrogens is 1. The van der Waals surface area contributed by atoms with Crippen molar-refractivity contribution in [2.24, 2.45) is 0 Å². The van der Waals surface area contributed by atoms with Gasteiger partial charge in [0.1, 0.15) is 5.69 Å². The lowest BCUT2D eigenvalue weighted by molar-refractivity contribution is 0.390. The molecule has 1 aliphatic heterocycles. The van der Waals surface area contributed by atoms with E-state index < -0.39 is 10.0 Å². The minimum atomic E-state index is -3.73. The van der Waals surface area contributed by atoms with Gasteiger partial charge in [-0.25, -0.2) is 8.42 Å². The van der Waals surface area contributed by atoms with E-state index in [1.807, 2.05) is 25.1 Å². The Hall–Kier alpha value is -2.02. The molecule has 0 bridgehead atoms. The molecule has 0 radical (unpaired) electrons.